The van der Waals surface area contributed by atoms with Gasteiger partial charge in [0.2, 0.25) is 0 Å². The molecule has 0 saturated carbocycles. The Morgan fingerprint density at radius 1 is 1.33 bits per heavy atom. The summed E-state index contributed by atoms with van der Waals surface area (Å²) in [5.41, 5.74) is 1.98. The summed E-state index contributed by atoms with van der Waals surface area (Å²) in [6.45, 7) is 12.5. The van der Waals surface area contributed by atoms with Gasteiger partial charge in [0.05, 0.1) is 0 Å². The predicted molar refractivity (Wildman–Crippen MR) is 61.5 cm³/mol. The molecular weight excluding hydrogens is 188 g/mol. The number of carbonyl (C=O) groups excluding carboxylic acids is 1. The molecule has 0 radical (unpaired) electrons. The molecule has 1 rings (SSSR count). The smallest absolute Gasteiger partial charge is 0.335 e. The maximum absolute atomic E-state index is 11.8. The van der Waals surface area contributed by atoms with Crippen LogP contribution in [0.4, 0.5) is 0 Å². The van der Waals surface area contributed by atoms with Gasteiger partial charge < -0.3 is 4.74 Å². The molecule has 86 valence electrons. The minimum Gasteiger partial charge on any atom is -0.454 e. The van der Waals surface area contributed by atoms with Gasteiger partial charge in [-0.15, -0.1) is 0 Å². The van der Waals surface area contributed by atoms with Gasteiger partial charge >= 0.3 is 5.97 Å². The van der Waals surface area contributed by atoms with Gasteiger partial charge in [0.25, 0.3) is 0 Å². The number of cyclic esters (lactones) is 1. The molecular formula is C13H22O2. The zero-order chi connectivity index (χ0) is 11.8. The van der Waals surface area contributed by atoms with E-state index >= 15 is 0 Å². The van der Waals surface area contributed by atoms with Crippen LogP contribution in [0, 0.1) is 11.3 Å². The lowest BCUT2D eigenvalue weighted by Gasteiger charge is -2.20. The monoisotopic (exact) mass is 210 g/mol. The van der Waals surface area contributed by atoms with E-state index in [-0.39, 0.29) is 17.5 Å². The lowest BCUT2D eigenvalue weighted by atomic mass is 9.81. The molecule has 1 aliphatic heterocycles. The number of rotatable bonds is 2. The van der Waals surface area contributed by atoms with E-state index in [0.29, 0.717) is 5.92 Å². The van der Waals surface area contributed by atoms with Gasteiger partial charge in [0.15, 0.2) is 0 Å². The van der Waals surface area contributed by atoms with Crippen molar-refractivity contribution in [2.75, 3.05) is 0 Å². The molecule has 0 amide bonds. The number of hydrogen-bond acceptors (Lipinski definition) is 2. The van der Waals surface area contributed by atoms with Crippen LogP contribution >= 0.6 is 0 Å². The average Bonchev–Trinajstić information content (AvgIpc) is 2.41. The Hall–Kier alpha value is -0.790. The van der Waals surface area contributed by atoms with Gasteiger partial charge in [-0.3, -0.25) is 0 Å². The molecule has 2 heteroatoms. The Morgan fingerprint density at radius 3 is 2.20 bits per heavy atom. The van der Waals surface area contributed by atoms with Crippen molar-refractivity contribution < 1.29 is 9.53 Å². The second-order valence-corrected chi connectivity index (χ2v) is 5.57. The summed E-state index contributed by atoms with van der Waals surface area (Å²) in [7, 11) is 0. The number of ether oxygens (including phenoxy) is 1. The maximum Gasteiger partial charge on any atom is 0.335 e. The molecule has 0 aromatic rings. The van der Waals surface area contributed by atoms with E-state index in [1.807, 2.05) is 0 Å². The highest BCUT2D eigenvalue weighted by Gasteiger charge is 2.39. The minimum atomic E-state index is -0.113. The SMILES string of the molecule is CCC1=C(C(C)(C)C)C(=O)OC1C(C)C. The maximum atomic E-state index is 11.8. The summed E-state index contributed by atoms with van der Waals surface area (Å²) in [5, 5.41) is 0. The highest BCUT2D eigenvalue weighted by atomic mass is 16.5. The fourth-order valence-electron chi connectivity index (χ4n) is 2.22. The van der Waals surface area contributed by atoms with E-state index in [4.69, 9.17) is 4.74 Å². The summed E-state index contributed by atoms with van der Waals surface area (Å²) in [4.78, 5) is 11.8. The zero-order valence-corrected chi connectivity index (χ0v) is 10.7. The molecule has 0 aromatic carbocycles. The Kier molecular flexibility index (Phi) is 3.27. The topological polar surface area (TPSA) is 26.3 Å². The van der Waals surface area contributed by atoms with Crippen molar-refractivity contribution in [2.24, 2.45) is 11.3 Å². The predicted octanol–water partition coefficient (Wildman–Crippen LogP) is 3.32. The average molecular weight is 210 g/mol. The fourth-order valence-corrected chi connectivity index (χ4v) is 2.22. The van der Waals surface area contributed by atoms with Crippen molar-refractivity contribution in [2.45, 2.75) is 54.1 Å². The van der Waals surface area contributed by atoms with Crippen LogP contribution in [0.25, 0.3) is 0 Å². The highest BCUT2D eigenvalue weighted by molar-refractivity contribution is 5.93. The quantitative estimate of drug-likeness (QED) is 0.653. The van der Waals surface area contributed by atoms with Crippen LogP contribution in [0.3, 0.4) is 0 Å². The Balaban J connectivity index is 3.17. The normalized spacial score (nSPS) is 22.6. The molecule has 0 aromatic heterocycles. The van der Waals surface area contributed by atoms with Crippen molar-refractivity contribution in [3.63, 3.8) is 0 Å². The third-order valence-corrected chi connectivity index (χ3v) is 2.84. The minimum absolute atomic E-state index is 0.00303. The molecule has 2 nitrogen and oxygen atoms in total. The van der Waals surface area contributed by atoms with Crippen LogP contribution < -0.4 is 0 Å². The highest BCUT2D eigenvalue weighted by Crippen LogP contribution is 2.39. The van der Waals surface area contributed by atoms with Crippen LogP contribution in [-0.4, -0.2) is 12.1 Å². The van der Waals surface area contributed by atoms with Gasteiger partial charge in [-0.05, 0) is 23.3 Å². The summed E-state index contributed by atoms with van der Waals surface area (Å²) >= 11 is 0. The van der Waals surface area contributed by atoms with Crippen molar-refractivity contribution >= 4 is 5.97 Å². The molecule has 1 unspecified atom stereocenters. The summed E-state index contributed by atoms with van der Waals surface area (Å²) in [6, 6.07) is 0. The lowest BCUT2D eigenvalue weighted by Crippen LogP contribution is -2.18. The van der Waals surface area contributed by atoms with Crippen LogP contribution in [-0.2, 0) is 9.53 Å². The third kappa shape index (κ3) is 2.24. The Bertz CT molecular complexity index is 292. The van der Waals surface area contributed by atoms with E-state index in [9.17, 15) is 4.79 Å². The summed E-state index contributed by atoms with van der Waals surface area (Å²) in [5.74, 6) is 0.252. The molecule has 0 bridgehead atoms. The van der Waals surface area contributed by atoms with Gasteiger partial charge in [0.1, 0.15) is 6.10 Å². The molecule has 0 saturated heterocycles. The first-order valence-corrected chi connectivity index (χ1v) is 5.73. The van der Waals surface area contributed by atoms with Gasteiger partial charge in [-0.1, -0.05) is 41.5 Å². The molecule has 0 fully saturated rings. The zero-order valence-electron chi connectivity index (χ0n) is 10.7. The van der Waals surface area contributed by atoms with Crippen LogP contribution in [0.5, 0.6) is 0 Å². The molecule has 15 heavy (non-hydrogen) atoms. The second-order valence-electron chi connectivity index (χ2n) is 5.57. The van der Waals surface area contributed by atoms with Gasteiger partial charge in [-0.2, -0.15) is 0 Å². The molecule has 0 N–H and O–H groups in total. The van der Waals surface area contributed by atoms with E-state index < -0.39 is 0 Å². The first kappa shape index (κ1) is 12.3. The first-order chi connectivity index (χ1) is 6.79. The van der Waals surface area contributed by atoms with Crippen molar-refractivity contribution in [1.29, 1.82) is 0 Å². The van der Waals surface area contributed by atoms with Crippen molar-refractivity contribution in [3.8, 4) is 0 Å². The Morgan fingerprint density at radius 2 is 1.87 bits per heavy atom. The van der Waals surface area contributed by atoms with Crippen LogP contribution in [0.1, 0.15) is 48.0 Å². The fraction of sp³-hybridized carbons (Fsp3) is 0.769. The molecule has 1 aliphatic rings. The molecule has 0 aliphatic carbocycles. The third-order valence-electron chi connectivity index (χ3n) is 2.84. The molecule has 1 atom stereocenters. The van der Waals surface area contributed by atoms with E-state index in [2.05, 4.69) is 41.5 Å². The van der Waals surface area contributed by atoms with Gasteiger partial charge in [0, 0.05) is 5.57 Å². The lowest BCUT2D eigenvalue weighted by molar-refractivity contribution is -0.142. The molecule has 1 heterocycles. The van der Waals surface area contributed by atoms with Crippen LogP contribution in [0.15, 0.2) is 11.1 Å². The second kappa shape index (κ2) is 3.99. The number of hydrogen-bond donors (Lipinski definition) is 0. The van der Waals surface area contributed by atoms with Crippen molar-refractivity contribution in [1.82, 2.24) is 0 Å². The largest absolute Gasteiger partial charge is 0.454 e. The number of carbonyl (C=O) groups is 1. The Labute approximate surface area is 92.7 Å². The summed E-state index contributed by atoms with van der Waals surface area (Å²) in [6.07, 6.45) is 0.901. The molecule has 0 spiro atoms. The van der Waals surface area contributed by atoms with Gasteiger partial charge in [-0.25, -0.2) is 4.79 Å². The van der Waals surface area contributed by atoms with E-state index in [1.165, 1.54) is 5.57 Å². The standard InChI is InChI=1S/C13H22O2/c1-7-9-10(13(4,5)6)12(14)15-11(9)8(2)3/h8,11H,7H2,1-6H3. The van der Waals surface area contributed by atoms with E-state index in [1.54, 1.807) is 0 Å². The van der Waals surface area contributed by atoms with E-state index in [0.717, 1.165) is 12.0 Å². The summed E-state index contributed by atoms with van der Waals surface area (Å²) < 4.78 is 5.45. The van der Waals surface area contributed by atoms with Crippen LogP contribution in [0.2, 0.25) is 0 Å². The number of esters is 1. The van der Waals surface area contributed by atoms with Crippen molar-refractivity contribution in [3.05, 3.63) is 11.1 Å². The first-order valence-electron chi connectivity index (χ1n) is 5.73.